The van der Waals surface area contributed by atoms with E-state index in [1.807, 2.05) is 30.3 Å². The molecule has 4 heteroatoms. The van der Waals surface area contributed by atoms with Crippen molar-refractivity contribution in [2.45, 2.75) is 13.2 Å². The van der Waals surface area contributed by atoms with E-state index < -0.39 is 0 Å². The maximum Gasteiger partial charge on any atom is 0.136 e. The second-order valence-electron chi connectivity index (χ2n) is 4.63. The van der Waals surface area contributed by atoms with Crippen molar-refractivity contribution in [2.75, 3.05) is 19.5 Å². The quantitative estimate of drug-likeness (QED) is 0.883. The highest BCUT2D eigenvalue weighted by Crippen LogP contribution is 2.20. The minimum Gasteiger partial charge on any atom is -0.495 e. The Labute approximate surface area is 124 Å². The van der Waals surface area contributed by atoms with Gasteiger partial charge in [-0.05, 0) is 35.4 Å². The van der Waals surface area contributed by atoms with Crippen LogP contribution in [0, 0.1) is 11.3 Å². The van der Waals surface area contributed by atoms with Gasteiger partial charge in [0.1, 0.15) is 11.8 Å². The monoisotopic (exact) mass is 282 g/mol. The van der Waals surface area contributed by atoms with E-state index in [9.17, 15) is 0 Å². The normalized spacial score (nSPS) is 9.95. The van der Waals surface area contributed by atoms with Crippen LogP contribution < -0.4 is 10.1 Å². The average Bonchev–Trinajstić information content (AvgIpc) is 2.53. The summed E-state index contributed by atoms with van der Waals surface area (Å²) in [6.45, 7) is 1.26. The first kappa shape index (κ1) is 14.9. The molecule has 2 aromatic carbocycles. The molecule has 0 radical (unpaired) electrons. The fourth-order valence-corrected chi connectivity index (χ4v) is 2.08. The highest BCUT2D eigenvalue weighted by atomic mass is 16.5. The minimum absolute atomic E-state index is 0.545. The van der Waals surface area contributed by atoms with E-state index in [1.165, 1.54) is 0 Å². The summed E-state index contributed by atoms with van der Waals surface area (Å²) in [6.07, 6.45) is 0. The molecule has 21 heavy (non-hydrogen) atoms. The van der Waals surface area contributed by atoms with Gasteiger partial charge in [-0.15, -0.1) is 0 Å². The molecule has 0 heterocycles. The fraction of sp³-hybridized carbons (Fsp3) is 0.235. The summed E-state index contributed by atoms with van der Waals surface area (Å²) < 4.78 is 10.3. The number of anilines is 1. The van der Waals surface area contributed by atoms with E-state index in [4.69, 9.17) is 14.7 Å². The van der Waals surface area contributed by atoms with Crippen LogP contribution in [0.25, 0.3) is 0 Å². The third-order valence-corrected chi connectivity index (χ3v) is 3.12. The van der Waals surface area contributed by atoms with Crippen molar-refractivity contribution in [3.63, 3.8) is 0 Å². The molecule has 0 saturated heterocycles. The number of methoxy groups -OCH3 is 2. The van der Waals surface area contributed by atoms with Gasteiger partial charge in [0.15, 0.2) is 0 Å². The third kappa shape index (κ3) is 3.98. The summed E-state index contributed by atoms with van der Waals surface area (Å²) in [5.41, 5.74) is 3.76. The Bertz CT molecular complexity index is 647. The van der Waals surface area contributed by atoms with Crippen LogP contribution in [0.3, 0.4) is 0 Å². The van der Waals surface area contributed by atoms with Gasteiger partial charge in [0.05, 0.1) is 19.3 Å². The molecular formula is C17H18N2O2. The molecule has 2 aromatic rings. The highest BCUT2D eigenvalue weighted by molar-refractivity contribution is 5.48. The van der Waals surface area contributed by atoms with Crippen molar-refractivity contribution in [1.82, 2.24) is 0 Å². The van der Waals surface area contributed by atoms with Crippen LogP contribution in [-0.4, -0.2) is 14.2 Å². The molecular weight excluding hydrogens is 264 g/mol. The molecule has 0 aliphatic heterocycles. The van der Waals surface area contributed by atoms with Crippen molar-refractivity contribution in [3.05, 3.63) is 59.2 Å². The van der Waals surface area contributed by atoms with E-state index in [0.717, 1.165) is 16.8 Å². The summed E-state index contributed by atoms with van der Waals surface area (Å²) in [4.78, 5) is 0. The van der Waals surface area contributed by atoms with E-state index in [-0.39, 0.29) is 0 Å². The molecule has 0 aliphatic rings. The number of rotatable bonds is 6. The first-order valence-electron chi connectivity index (χ1n) is 6.65. The van der Waals surface area contributed by atoms with E-state index in [0.29, 0.717) is 24.5 Å². The number of hydrogen-bond acceptors (Lipinski definition) is 4. The minimum atomic E-state index is 0.545. The Morgan fingerprint density at radius 2 is 1.95 bits per heavy atom. The van der Waals surface area contributed by atoms with Gasteiger partial charge in [-0.3, -0.25) is 0 Å². The Morgan fingerprint density at radius 3 is 2.67 bits per heavy atom. The largest absolute Gasteiger partial charge is 0.495 e. The van der Waals surface area contributed by atoms with Gasteiger partial charge >= 0.3 is 0 Å². The van der Waals surface area contributed by atoms with Crippen LogP contribution in [0.15, 0.2) is 42.5 Å². The van der Waals surface area contributed by atoms with Crippen LogP contribution in [0.5, 0.6) is 5.75 Å². The standard InChI is InChI=1S/C17H18N2O2/c1-20-12-14-4-3-5-16(8-14)19-11-13-6-7-15(10-18)17(9-13)21-2/h3-9,19H,11-12H2,1-2H3. The molecule has 2 rings (SSSR count). The van der Waals surface area contributed by atoms with Crippen LogP contribution in [0.2, 0.25) is 0 Å². The molecule has 0 atom stereocenters. The summed E-state index contributed by atoms with van der Waals surface area (Å²) in [5.74, 6) is 0.602. The second kappa shape index (κ2) is 7.32. The number of nitrogens with zero attached hydrogens (tertiary/aromatic N) is 1. The van der Waals surface area contributed by atoms with E-state index in [2.05, 4.69) is 17.5 Å². The van der Waals surface area contributed by atoms with Crippen LogP contribution in [0.4, 0.5) is 5.69 Å². The van der Waals surface area contributed by atoms with E-state index >= 15 is 0 Å². The molecule has 108 valence electrons. The molecule has 0 fully saturated rings. The zero-order chi connectivity index (χ0) is 15.1. The third-order valence-electron chi connectivity index (χ3n) is 3.12. The fourth-order valence-electron chi connectivity index (χ4n) is 2.08. The number of hydrogen-bond donors (Lipinski definition) is 1. The lowest BCUT2D eigenvalue weighted by Crippen LogP contribution is -2.01. The van der Waals surface area contributed by atoms with Crippen molar-refractivity contribution >= 4 is 5.69 Å². The summed E-state index contributed by atoms with van der Waals surface area (Å²) in [6, 6.07) is 15.8. The lowest BCUT2D eigenvalue weighted by Gasteiger charge is -2.10. The first-order valence-corrected chi connectivity index (χ1v) is 6.65. The first-order chi connectivity index (χ1) is 10.3. The highest BCUT2D eigenvalue weighted by Gasteiger charge is 2.04. The van der Waals surface area contributed by atoms with Gasteiger partial charge in [-0.2, -0.15) is 5.26 Å². The van der Waals surface area contributed by atoms with Crippen LogP contribution in [-0.2, 0) is 17.9 Å². The van der Waals surface area contributed by atoms with Crippen molar-refractivity contribution in [3.8, 4) is 11.8 Å². The Balaban J connectivity index is 2.06. The van der Waals surface area contributed by atoms with Crippen LogP contribution >= 0.6 is 0 Å². The molecule has 0 unspecified atom stereocenters. The van der Waals surface area contributed by atoms with Gasteiger partial charge in [0, 0.05) is 19.3 Å². The number of nitriles is 1. The van der Waals surface area contributed by atoms with Gasteiger partial charge < -0.3 is 14.8 Å². The molecule has 0 saturated carbocycles. The summed E-state index contributed by atoms with van der Waals surface area (Å²) >= 11 is 0. The topological polar surface area (TPSA) is 54.3 Å². The van der Waals surface area contributed by atoms with E-state index in [1.54, 1.807) is 20.3 Å². The van der Waals surface area contributed by atoms with Gasteiger partial charge in [0.2, 0.25) is 0 Å². The maximum absolute atomic E-state index is 8.97. The number of benzene rings is 2. The molecule has 0 aliphatic carbocycles. The SMILES string of the molecule is COCc1cccc(NCc2ccc(C#N)c(OC)c2)c1. The lowest BCUT2D eigenvalue weighted by atomic mass is 10.1. The molecule has 1 N–H and O–H groups in total. The zero-order valence-corrected chi connectivity index (χ0v) is 12.2. The molecule has 0 aromatic heterocycles. The second-order valence-corrected chi connectivity index (χ2v) is 4.63. The molecule has 4 nitrogen and oxygen atoms in total. The Kier molecular flexibility index (Phi) is 5.19. The smallest absolute Gasteiger partial charge is 0.136 e. The predicted molar refractivity (Wildman–Crippen MR) is 82.2 cm³/mol. The Morgan fingerprint density at radius 1 is 1.10 bits per heavy atom. The molecule has 0 spiro atoms. The average molecular weight is 282 g/mol. The summed E-state index contributed by atoms with van der Waals surface area (Å²) in [7, 11) is 3.25. The Hall–Kier alpha value is -2.51. The van der Waals surface area contributed by atoms with Gasteiger partial charge in [-0.1, -0.05) is 18.2 Å². The van der Waals surface area contributed by atoms with Crippen molar-refractivity contribution < 1.29 is 9.47 Å². The van der Waals surface area contributed by atoms with Crippen LogP contribution in [0.1, 0.15) is 16.7 Å². The van der Waals surface area contributed by atoms with Crippen molar-refractivity contribution in [1.29, 1.82) is 5.26 Å². The van der Waals surface area contributed by atoms with Gasteiger partial charge in [-0.25, -0.2) is 0 Å². The predicted octanol–water partition coefficient (Wildman–Crippen LogP) is 3.33. The lowest BCUT2D eigenvalue weighted by molar-refractivity contribution is 0.185. The molecule has 0 amide bonds. The number of nitrogens with one attached hydrogen (secondary N) is 1. The maximum atomic E-state index is 8.97. The zero-order valence-electron chi connectivity index (χ0n) is 12.2. The van der Waals surface area contributed by atoms with Crippen molar-refractivity contribution in [2.24, 2.45) is 0 Å². The summed E-state index contributed by atoms with van der Waals surface area (Å²) in [5, 5.41) is 12.3. The molecule has 0 bridgehead atoms. The van der Waals surface area contributed by atoms with Gasteiger partial charge in [0.25, 0.3) is 0 Å². The number of ether oxygens (including phenoxy) is 2.